The third-order valence-corrected chi connectivity index (χ3v) is 8.40. The van der Waals surface area contributed by atoms with Crippen LogP contribution in [0.15, 0.2) is 30.6 Å². The predicted octanol–water partition coefficient (Wildman–Crippen LogP) is 3.92. The van der Waals surface area contributed by atoms with E-state index in [1.807, 2.05) is 54.5 Å². The number of alkyl carbamates (subject to hydrolysis) is 1. The van der Waals surface area contributed by atoms with Gasteiger partial charge in [-0.1, -0.05) is 12.1 Å². The van der Waals surface area contributed by atoms with E-state index in [0.717, 1.165) is 60.3 Å². The Morgan fingerprint density at radius 3 is 2.49 bits per heavy atom. The number of para-hydroxylation sites is 1. The van der Waals surface area contributed by atoms with Gasteiger partial charge in [0.15, 0.2) is 5.82 Å². The minimum Gasteiger partial charge on any atom is -0.495 e. The Kier molecular flexibility index (Phi) is 12.3. The number of ether oxygens (including phenoxy) is 5. The molecule has 2 amide bonds. The fourth-order valence-electron chi connectivity index (χ4n) is 6.09. The van der Waals surface area contributed by atoms with Crippen LogP contribution in [0.1, 0.15) is 58.2 Å². The second-order valence-corrected chi connectivity index (χ2v) is 12.9. The number of nitrogens with two attached hydrogens (primary N) is 1. The molecule has 1 aliphatic rings. The molecule has 1 fully saturated rings. The van der Waals surface area contributed by atoms with Gasteiger partial charge in [-0.15, -0.1) is 0 Å². The first-order valence-corrected chi connectivity index (χ1v) is 16.7. The van der Waals surface area contributed by atoms with Gasteiger partial charge < -0.3 is 44.6 Å². The van der Waals surface area contributed by atoms with Gasteiger partial charge in [0.05, 0.1) is 58.0 Å². The molecule has 3 aromatic heterocycles. The number of fused-ring (bicyclic) bond motifs is 2. The number of aromatic nitrogens is 5. The summed E-state index contributed by atoms with van der Waals surface area (Å²) in [4.78, 5) is 38.2. The highest BCUT2D eigenvalue weighted by molar-refractivity contribution is 5.93. The SMILES string of the molecule is COc1cccc2cc(-c3nc(C4CCC(N(C=O)CCOCCOCCOCCNC(=O)OC(C)(C)C)CC4)n4ncnc(N)c34)[nH]c12. The number of aromatic amines is 1. The maximum atomic E-state index is 12.0. The molecule has 1 aromatic carbocycles. The van der Waals surface area contributed by atoms with Crippen LogP contribution in [0.4, 0.5) is 10.6 Å². The lowest BCUT2D eigenvalue weighted by molar-refractivity contribution is -0.121. The first-order chi connectivity index (χ1) is 23.7. The number of H-pyrrole nitrogens is 1. The van der Waals surface area contributed by atoms with Gasteiger partial charge in [0.1, 0.15) is 34.7 Å². The number of benzene rings is 1. The Hall–Kier alpha value is -4.47. The molecule has 0 saturated heterocycles. The van der Waals surface area contributed by atoms with Crippen molar-refractivity contribution in [1.82, 2.24) is 34.8 Å². The van der Waals surface area contributed by atoms with Gasteiger partial charge in [-0.25, -0.2) is 19.3 Å². The third kappa shape index (κ3) is 9.37. The normalized spacial score (nSPS) is 16.6. The van der Waals surface area contributed by atoms with E-state index < -0.39 is 11.7 Å². The molecule has 0 aliphatic heterocycles. The smallest absolute Gasteiger partial charge is 0.407 e. The van der Waals surface area contributed by atoms with Crippen LogP contribution in [-0.2, 0) is 23.7 Å². The van der Waals surface area contributed by atoms with E-state index >= 15 is 0 Å². The number of nitrogens with one attached hydrogen (secondary N) is 2. The first-order valence-electron chi connectivity index (χ1n) is 16.7. The standard InChI is InChI=1S/C34H48N8O7/c1-34(2,3)49-33(44)36-12-14-46-16-18-48-19-17-47-15-13-41(22-43)25-10-8-23(9-11-25)32-40-29(30-31(35)37-21-38-42(30)32)26-20-24-6-5-7-27(45-4)28(24)39-26/h5-7,20-23,25,39H,8-19H2,1-4H3,(H,36,44)(H2,35,37,38). The van der Waals surface area contributed by atoms with Crippen LogP contribution in [-0.4, -0.2) is 113 Å². The molecule has 15 nitrogen and oxygen atoms in total. The molecule has 1 aliphatic carbocycles. The highest BCUT2D eigenvalue weighted by atomic mass is 16.6. The summed E-state index contributed by atoms with van der Waals surface area (Å²) < 4.78 is 29.2. The summed E-state index contributed by atoms with van der Waals surface area (Å²) >= 11 is 0. The van der Waals surface area contributed by atoms with Gasteiger partial charge in [0, 0.05) is 30.4 Å². The number of hydrogen-bond donors (Lipinski definition) is 3. The van der Waals surface area contributed by atoms with Crippen molar-refractivity contribution >= 4 is 34.7 Å². The van der Waals surface area contributed by atoms with Crippen LogP contribution in [0, 0.1) is 0 Å². The monoisotopic (exact) mass is 680 g/mol. The molecule has 49 heavy (non-hydrogen) atoms. The number of carbonyl (C=O) groups excluding carboxylic acids is 2. The molecule has 1 saturated carbocycles. The van der Waals surface area contributed by atoms with Gasteiger partial charge >= 0.3 is 6.09 Å². The van der Waals surface area contributed by atoms with Crippen molar-refractivity contribution in [2.24, 2.45) is 0 Å². The van der Waals surface area contributed by atoms with Crippen molar-refractivity contribution in [2.45, 2.75) is 64.0 Å². The number of hydrogen-bond acceptors (Lipinski definition) is 11. The quantitative estimate of drug-likeness (QED) is 0.109. The summed E-state index contributed by atoms with van der Waals surface area (Å²) in [6, 6.07) is 8.05. The molecule has 5 rings (SSSR count). The van der Waals surface area contributed by atoms with E-state index in [4.69, 9.17) is 34.4 Å². The lowest BCUT2D eigenvalue weighted by Gasteiger charge is -2.34. The van der Waals surface area contributed by atoms with Crippen LogP contribution in [0.2, 0.25) is 0 Å². The number of methoxy groups -OCH3 is 1. The molecule has 0 radical (unpaired) electrons. The predicted molar refractivity (Wildman–Crippen MR) is 183 cm³/mol. The zero-order valence-electron chi connectivity index (χ0n) is 28.8. The van der Waals surface area contributed by atoms with E-state index in [0.29, 0.717) is 69.8 Å². The summed E-state index contributed by atoms with van der Waals surface area (Å²) in [5, 5.41) is 8.18. The molecule has 0 spiro atoms. The highest BCUT2D eigenvalue weighted by Crippen LogP contribution is 2.38. The van der Waals surface area contributed by atoms with Gasteiger partial charge in [0.2, 0.25) is 6.41 Å². The second kappa shape index (κ2) is 16.8. The van der Waals surface area contributed by atoms with E-state index in [2.05, 4.69) is 20.4 Å². The molecule has 3 heterocycles. The molecule has 15 heteroatoms. The fraction of sp³-hybridized carbons (Fsp3) is 0.559. The minimum atomic E-state index is -0.530. The van der Waals surface area contributed by atoms with Crippen molar-refractivity contribution in [3.8, 4) is 17.1 Å². The van der Waals surface area contributed by atoms with Crippen LogP contribution < -0.4 is 15.8 Å². The summed E-state index contributed by atoms with van der Waals surface area (Å²) in [6.45, 7) is 8.77. The molecule has 266 valence electrons. The van der Waals surface area contributed by atoms with Crippen molar-refractivity contribution in [2.75, 3.05) is 65.6 Å². The van der Waals surface area contributed by atoms with Crippen molar-refractivity contribution in [3.63, 3.8) is 0 Å². The molecule has 0 bridgehead atoms. The average Bonchev–Trinajstić information content (AvgIpc) is 3.69. The minimum absolute atomic E-state index is 0.127. The third-order valence-electron chi connectivity index (χ3n) is 8.40. The number of nitrogen functional groups attached to an aromatic ring is 1. The van der Waals surface area contributed by atoms with E-state index in [9.17, 15) is 9.59 Å². The number of anilines is 1. The average molecular weight is 681 g/mol. The van der Waals surface area contributed by atoms with Gasteiger partial charge in [-0.2, -0.15) is 5.10 Å². The molecule has 0 unspecified atom stereocenters. The Bertz CT molecular complexity index is 1680. The Labute approximate surface area is 285 Å². The lowest BCUT2D eigenvalue weighted by Crippen LogP contribution is -2.39. The van der Waals surface area contributed by atoms with Crippen LogP contribution >= 0.6 is 0 Å². The summed E-state index contributed by atoms with van der Waals surface area (Å²) in [6.07, 6.45) is 5.30. The van der Waals surface area contributed by atoms with E-state index in [-0.39, 0.29) is 12.0 Å². The summed E-state index contributed by atoms with van der Waals surface area (Å²) in [7, 11) is 1.65. The van der Waals surface area contributed by atoms with Crippen molar-refractivity contribution < 1.29 is 33.3 Å². The Morgan fingerprint density at radius 1 is 1.08 bits per heavy atom. The van der Waals surface area contributed by atoms with Crippen LogP contribution in [0.5, 0.6) is 5.75 Å². The van der Waals surface area contributed by atoms with Gasteiger partial charge in [0.25, 0.3) is 0 Å². The van der Waals surface area contributed by atoms with E-state index in [1.165, 1.54) is 6.33 Å². The summed E-state index contributed by atoms with van der Waals surface area (Å²) in [5.41, 5.74) is 8.90. The number of rotatable bonds is 17. The van der Waals surface area contributed by atoms with E-state index in [1.54, 1.807) is 7.11 Å². The topological polar surface area (TPSA) is 180 Å². The molecule has 4 N–H and O–H groups in total. The van der Waals surface area contributed by atoms with Crippen LogP contribution in [0.25, 0.3) is 27.8 Å². The highest BCUT2D eigenvalue weighted by Gasteiger charge is 2.30. The Morgan fingerprint density at radius 2 is 1.80 bits per heavy atom. The zero-order chi connectivity index (χ0) is 34.8. The molecule has 4 aromatic rings. The number of nitrogens with zero attached hydrogens (tertiary/aromatic N) is 5. The number of carbonyl (C=O) groups is 2. The second-order valence-electron chi connectivity index (χ2n) is 12.9. The van der Waals surface area contributed by atoms with Gasteiger partial charge in [-0.05, 0) is 58.6 Å². The number of amides is 2. The number of imidazole rings is 1. The Balaban J connectivity index is 1.04. The molecular weight excluding hydrogens is 632 g/mol. The summed E-state index contributed by atoms with van der Waals surface area (Å²) in [5.74, 6) is 2.10. The lowest BCUT2D eigenvalue weighted by atomic mass is 9.85. The van der Waals surface area contributed by atoms with Crippen molar-refractivity contribution in [3.05, 3.63) is 36.4 Å². The zero-order valence-corrected chi connectivity index (χ0v) is 28.8. The van der Waals surface area contributed by atoms with Crippen LogP contribution in [0.3, 0.4) is 0 Å². The maximum absolute atomic E-state index is 12.0. The van der Waals surface area contributed by atoms with Gasteiger partial charge in [-0.3, -0.25) is 4.79 Å². The first kappa shape index (κ1) is 35.8. The van der Waals surface area contributed by atoms with Crippen molar-refractivity contribution in [1.29, 1.82) is 0 Å². The molecular formula is C34H48N8O7. The fourth-order valence-corrected chi connectivity index (χ4v) is 6.09. The largest absolute Gasteiger partial charge is 0.495 e. The maximum Gasteiger partial charge on any atom is 0.407 e. The molecule has 0 atom stereocenters.